The standard InChI is InChI=1S/C25H23N3O5/c1-17-25(31)28(15-23(29)26-18-8-4-2-5-9-18)21-14-19(12-13-22(21)33-17)27-24(30)16-32-20-10-6-3-7-11-20/h2-14,17H,15-16H2,1H3,(H,26,29)(H,27,30). The molecule has 1 aliphatic heterocycles. The highest BCUT2D eigenvalue weighted by atomic mass is 16.5. The summed E-state index contributed by atoms with van der Waals surface area (Å²) in [5.41, 5.74) is 1.49. The molecule has 0 spiro atoms. The molecule has 3 aromatic carbocycles. The molecule has 0 radical (unpaired) electrons. The van der Waals surface area contributed by atoms with E-state index in [0.29, 0.717) is 28.6 Å². The van der Waals surface area contributed by atoms with E-state index >= 15 is 0 Å². The first kappa shape index (κ1) is 21.9. The lowest BCUT2D eigenvalue weighted by molar-refractivity contribution is -0.127. The second kappa shape index (κ2) is 9.86. The number of ether oxygens (including phenoxy) is 2. The highest BCUT2D eigenvalue weighted by Gasteiger charge is 2.33. The molecular formula is C25H23N3O5. The second-order valence-electron chi connectivity index (χ2n) is 7.43. The number of nitrogens with one attached hydrogen (secondary N) is 2. The van der Waals surface area contributed by atoms with Gasteiger partial charge in [-0.25, -0.2) is 0 Å². The SMILES string of the molecule is CC1Oc2ccc(NC(=O)COc3ccccc3)cc2N(CC(=O)Nc2ccccc2)C1=O. The third-order valence-corrected chi connectivity index (χ3v) is 4.92. The zero-order valence-corrected chi connectivity index (χ0v) is 18.0. The monoisotopic (exact) mass is 445 g/mol. The first-order chi connectivity index (χ1) is 16.0. The maximum Gasteiger partial charge on any atom is 0.268 e. The van der Waals surface area contributed by atoms with E-state index in [1.54, 1.807) is 49.4 Å². The molecule has 0 aromatic heterocycles. The van der Waals surface area contributed by atoms with Crippen molar-refractivity contribution in [3.63, 3.8) is 0 Å². The minimum atomic E-state index is -0.735. The van der Waals surface area contributed by atoms with Crippen LogP contribution in [0.2, 0.25) is 0 Å². The molecule has 3 aromatic rings. The predicted octanol–water partition coefficient (Wildman–Crippen LogP) is 3.46. The summed E-state index contributed by atoms with van der Waals surface area (Å²) >= 11 is 0. The Balaban J connectivity index is 1.46. The summed E-state index contributed by atoms with van der Waals surface area (Å²) in [6.07, 6.45) is -0.735. The minimum absolute atomic E-state index is 0.170. The molecule has 1 heterocycles. The smallest absolute Gasteiger partial charge is 0.268 e. The van der Waals surface area contributed by atoms with Crippen molar-refractivity contribution in [2.75, 3.05) is 28.7 Å². The van der Waals surface area contributed by atoms with Crippen molar-refractivity contribution in [1.82, 2.24) is 0 Å². The van der Waals surface area contributed by atoms with Gasteiger partial charge in [-0.1, -0.05) is 36.4 Å². The van der Waals surface area contributed by atoms with Gasteiger partial charge in [0.2, 0.25) is 5.91 Å². The average molecular weight is 445 g/mol. The van der Waals surface area contributed by atoms with Gasteiger partial charge in [0.05, 0.1) is 5.69 Å². The van der Waals surface area contributed by atoms with E-state index < -0.39 is 6.10 Å². The average Bonchev–Trinajstić information content (AvgIpc) is 2.82. The molecule has 0 fully saturated rings. The lowest BCUT2D eigenvalue weighted by Gasteiger charge is -2.33. The Bertz CT molecular complexity index is 1150. The van der Waals surface area contributed by atoms with Gasteiger partial charge in [0.15, 0.2) is 12.7 Å². The maximum absolute atomic E-state index is 12.8. The summed E-state index contributed by atoms with van der Waals surface area (Å²) in [6, 6.07) is 22.9. The van der Waals surface area contributed by atoms with E-state index in [-0.39, 0.29) is 30.9 Å². The summed E-state index contributed by atoms with van der Waals surface area (Å²) in [4.78, 5) is 39.1. The summed E-state index contributed by atoms with van der Waals surface area (Å²) in [7, 11) is 0. The van der Waals surface area contributed by atoms with Crippen LogP contribution in [0, 0.1) is 0 Å². The molecule has 3 amide bonds. The molecule has 0 saturated carbocycles. The Labute approximate surface area is 191 Å². The van der Waals surface area contributed by atoms with Crippen LogP contribution in [0.15, 0.2) is 78.9 Å². The third kappa shape index (κ3) is 5.48. The number of amides is 3. The Hall–Kier alpha value is -4.33. The lowest BCUT2D eigenvalue weighted by atomic mass is 10.1. The fourth-order valence-corrected chi connectivity index (χ4v) is 3.38. The number of carbonyl (C=O) groups is 3. The number of hydrogen-bond acceptors (Lipinski definition) is 5. The van der Waals surface area contributed by atoms with E-state index in [9.17, 15) is 14.4 Å². The molecule has 33 heavy (non-hydrogen) atoms. The van der Waals surface area contributed by atoms with Gasteiger partial charge in [0, 0.05) is 11.4 Å². The van der Waals surface area contributed by atoms with E-state index in [4.69, 9.17) is 9.47 Å². The first-order valence-corrected chi connectivity index (χ1v) is 10.4. The number of rotatable bonds is 7. The molecule has 4 rings (SSSR count). The molecule has 1 atom stereocenters. The van der Waals surface area contributed by atoms with Crippen molar-refractivity contribution in [2.24, 2.45) is 0 Å². The molecule has 8 nitrogen and oxygen atoms in total. The molecule has 8 heteroatoms. The summed E-state index contributed by atoms with van der Waals surface area (Å²) in [5, 5.41) is 5.52. The highest BCUT2D eigenvalue weighted by molar-refractivity contribution is 6.06. The summed E-state index contributed by atoms with van der Waals surface area (Å²) < 4.78 is 11.1. The number of hydrogen-bond donors (Lipinski definition) is 2. The van der Waals surface area contributed by atoms with E-state index in [1.807, 2.05) is 36.4 Å². The first-order valence-electron chi connectivity index (χ1n) is 10.4. The number of benzene rings is 3. The predicted molar refractivity (Wildman–Crippen MR) is 125 cm³/mol. The van der Waals surface area contributed by atoms with Crippen LogP contribution in [-0.2, 0) is 14.4 Å². The van der Waals surface area contributed by atoms with Crippen LogP contribution in [-0.4, -0.2) is 37.0 Å². The van der Waals surface area contributed by atoms with Crippen molar-refractivity contribution in [3.05, 3.63) is 78.9 Å². The van der Waals surface area contributed by atoms with Crippen LogP contribution in [0.4, 0.5) is 17.1 Å². The number of fused-ring (bicyclic) bond motifs is 1. The van der Waals surface area contributed by atoms with Crippen molar-refractivity contribution in [2.45, 2.75) is 13.0 Å². The third-order valence-electron chi connectivity index (χ3n) is 4.92. The maximum atomic E-state index is 12.8. The number of anilines is 3. The topological polar surface area (TPSA) is 97.0 Å². The normalized spacial score (nSPS) is 14.6. The largest absolute Gasteiger partial charge is 0.484 e. The van der Waals surface area contributed by atoms with Crippen molar-refractivity contribution in [3.8, 4) is 11.5 Å². The van der Waals surface area contributed by atoms with Gasteiger partial charge < -0.3 is 20.1 Å². The Morgan fingerprint density at radius 2 is 1.58 bits per heavy atom. The quantitative estimate of drug-likeness (QED) is 0.581. The fourth-order valence-electron chi connectivity index (χ4n) is 3.38. The lowest BCUT2D eigenvalue weighted by Crippen LogP contribution is -2.47. The van der Waals surface area contributed by atoms with E-state index in [1.165, 1.54) is 4.90 Å². The molecule has 1 unspecified atom stereocenters. The van der Waals surface area contributed by atoms with Crippen LogP contribution in [0.5, 0.6) is 11.5 Å². The van der Waals surface area contributed by atoms with Gasteiger partial charge in [0.25, 0.3) is 11.8 Å². The number of nitrogens with zero attached hydrogens (tertiary/aromatic N) is 1. The molecule has 0 saturated heterocycles. The van der Waals surface area contributed by atoms with Gasteiger partial charge in [-0.2, -0.15) is 0 Å². The van der Waals surface area contributed by atoms with Crippen LogP contribution in [0.3, 0.4) is 0 Å². The Kier molecular flexibility index (Phi) is 6.54. The second-order valence-corrected chi connectivity index (χ2v) is 7.43. The molecular weight excluding hydrogens is 422 g/mol. The van der Waals surface area contributed by atoms with E-state index in [0.717, 1.165) is 0 Å². The van der Waals surface area contributed by atoms with Gasteiger partial charge in [-0.05, 0) is 49.4 Å². The zero-order valence-electron chi connectivity index (χ0n) is 18.0. The zero-order chi connectivity index (χ0) is 23.2. The van der Waals surface area contributed by atoms with Crippen molar-refractivity contribution >= 4 is 34.8 Å². The fraction of sp³-hybridized carbons (Fsp3) is 0.160. The molecule has 0 bridgehead atoms. The van der Waals surface area contributed by atoms with Crippen LogP contribution in [0.1, 0.15) is 6.92 Å². The van der Waals surface area contributed by atoms with Crippen molar-refractivity contribution < 1.29 is 23.9 Å². The highest BCUT2D eigenvalue weighted by Crippen LogP contribution is 2.36. The molecule has 0 aliphatic carbocycles. The van der Waals surface area contributed by atoms with Gasteiger partial charge in [0.1, 0.15) is 18.0 Å². The van der Waals surface area contributed by atoms with E-state index in [2.05, 4.69) is 10.6 Å². The molecule has 1 aliphatic rings. The minimum Gasteiger partial charge on any atom is -0.484 e. The van der Waals surface area contributed by atoms with Crippen LogP contribution < -0.4 is 25.0 Å². The molecule has 168 valence electrons. The Morgan fingerprint density at radius 1 is 0.909 bits per heavy atom. The Morgan fingerprint density at radius 3 is 2.30 bits per heavy atom. The number of carbonyl (C=O) groups excluding carboxylic acids is 3. The van der Waals surface area contributed by atoms with Gasteiger partial charge >= 0.3 is 0 Å². The van der Waals surface area contributed by atoms with Gasteiger partial charge in [-0.3, -0.25) is 19.3 Å². The van der Waals surface area contributed by atoms with Crippen molar-refractivity contribution in [1.29, 1.82) is 0 Å². The molecule has 2 N–H and O–H groups in total. The van der Waals surface area contributed by atoms with Crippen LogP contribution >= 0.6 is 0 Å². The summed E-state index contributed by atoms with van der Waals surface area (Å²) in [6.45, 7) is 1.27. The summed E-state index contributed by atoms with van der Waals surface area (Å²) in [5.74, 6) is -0.0136. The number of para-hydroxylation sites is 2. The van der Waals surface area contributed by atoms with Gasteiger partial charge in [-0.15, -0.1) is 0 Å². The van der Waals surface area contributed by atoms with Crippen LogP contribution in [0.25, 0.3) is 0 Å².